The van der Waals surface area contributed by atoms with E-state index in [2.05, 4.69) is 21.3 Å². The van der Waals surface area contributed by atoms with Gasteiger partial charge in [0.05, 0.1) is 6.04 Å². The Kier molecular flexibility index (Phi) is 16.8. The van der Waals surface area contributed by atoms with Crippen LogP contribution in [0.4, 0.5) is 0 Å². The van der Waals surface area contributed by atoms with Crippen LogP contribution < -0.4 is 32.7 Å². The van der Waals surface area contributed by atoms with E-state index in [4.69, 9.17) is 11.5 Å². The lowest BCUT2D eigenvalue weighted by molar-refractivity contribution is -0.135. The molecule has 0 saturated heterocycles. The van der Waals surface area contributed by atoms with Crippen molar-refractivity contribution >= 4 is 29.4 Å². The van der Waals surface area contributed by atoms with E-state index in [1.54, 1.807) is 0 Å². The van der Waals surface area contributed by atoms with Gasteiger partial charge in [0.2, 0.25) is 23.6 Å². The quantitative estimate of drug-likeness (QED) is 0.127. The third-order valence-corrected chi connectivity index (χ3v) is 7.90. The van der Waals surface area contributed by atoms with Crippen LogP contribution in [0.3, 0.4) is 0 Å². The summed E-state index contributed by atoms with van der Waals surface area (Å²) < 4.78 is 0. The van der Waals surface area contributed by atoms with Crippen molar-refractivity contribution in [2.24, 2.45) is 23.3 Å². The highest BCUT2D eigenvalue weighted by Crippen LogP contribution is 2.20. The molecule has 0 saturated carbocycles. The molecule has 0 aliphatic heterocycles. The second kappa shape index (κ2) is 20.2. The lowest BCUT2D eigenvalue weighted by Crippen LogP contribution is -2.58. The highest BCUT2D eigenvalue weighted by atomic mass is 16.2. The molecule has 2 rings (SSSR count). The van der Waals surface area contributed by atoms with Gasteiger partial charge in [0.15, 0.2) is 5.78 Å². The Morgan fingerprint density at radius 2 is 1.23 bits per heavy atom. The Balaban J connectivity index is 2.07. The van der Waals surface area contributed by atoms with Gasteiger partial charge in [-0.25, -0.2) is 0 Å². The SMILES string of the molecule is CC(=O)[C@H](CCN)NC(=O)[C@@H](CC(C)C)NC(=O)[C@H](CCCN)NC(=O)[C@@H](NC(=O)CCc1ccc(-c2ccccc2)cc1)C(C)C. The Morgan fingerprint density at radius 1 is 0.660 bits per heavy atom. The molecule has 4 atom stereocenters. The Hall–Kier alpha value is -4.09. The largest absolute Gasteiger partial charge is 0.344 e. The third-order valence-electron chi connectivity index (χ3n) is 7.90. The van der Waals surface area contributed by atoms with Gasteiger partial charge in [-0.15, -0.1) is 0 Å². The molecule has 0 fully saturated rings. The first-order chi connectivity index (χ1) is 22.4. The molecule has 4 amide bonds. The number of carbonyl (C=O) groups is 5. The van der Waals surface area contributed by atoms with E-state index in [1.807, 2.05) is 82.3 Å². The van der Waals surface area contributed by atoms with Crippen molar-refractivity contribution in [1.82, 2.24) is 21.3 Å². The van der Waals surface area contributed by atoms with Crippen LogP contribution in [0.1, 0.15) is 72.3 Å². The summed E-state index contributed by atoms with van der Waals surface area (Å²) in [6.07, 6.45) is 1.98. The zero-order valence-electron chi connectivity index (χ0n) is 28.5. The van der Waals surface area contributed by atoms with Gasteiger partial charge < -0.3 is 32.7 Å². The molecule has 0 spiro atoms. The van der Waals surface area contributed by atoms with Crippen LogP contribution in [0.5, 0.6) is 0 Å². The van der Waals surface area contributed by atoms with E-state index in [0.29, 0.717) is 25.8 Å². The average molecular weight is 651 g/mol. The van der Waals surface area contributed by atoms with Crippen LogP contribution in [-0.4, -0.2) is 66.7 Å². The van der Waals surface area contributed by atoms with Crippen molar-refractivity contribution in [2.75, 3.05) is 13.1 Å². The molecule has 0 aromatic heterocycles. The molecule has 0 aliphatic rings. The molecule has 11 heteroatoms. The zero-order valence-corrected chi connectivity index (χ0v) is 28.5. The predicted octanol–water partition coefficient (Wildman–Crippen LogP) is 2.60. The zero-order chi connectivity index (χ0) is 34.9. The van der Waals surface area contributed by atoms with Crippen LogP contribution >= 0.6 is 0 Å². The molecule has 0 radical (unpaired) electrons. The maximum atomic E-state index is 13.5. The van der Waals surface area contributed by atoms with Gasteiger partial charge in [0.25, 0.3) is 0 Å². The predicted molar refractivity (Wildman–Crippen MR) is 185 cm³/mol. The minimum Gasteiger partial charge on any atom is -0.344 e. The molecule has 11 nitrogen and oxygen atoms in total. The minimum absolute atomic E-state index is 0.0516. The molecule has 8 N–H and O–H groups in total. The summed E-state index contributed by atoms with van der Waals surface area (Å²) in [5, 5.41) is 11.1. The normalized spacial score (nSPS) is 13.7. The molecular weight excluding hydrogens is 596 g/mol. The van der Waals surface area contributed by atoms with Crippen LogP contribution in [0, 0.1) is 11.8 Å². The van der Waals surface area contributed by atoms with Gasteiger partial charge in [0.1, 0.15) is 18.1 Å². The summed E-state index contributed by atoms with van der Waals surface area (Å²) >= 11 is 0. The number of nitrogens with one attached hydrogen (secondary N) is 4. The van der Waals surface area contributed by atoms with Crippen molar-refractivity contribution in [2.45, 2.75) is 97.3 Å². The number of aryl methyl sites for hydroxylation is 1. The fourth-order valence-corrected chi connectivity index (χ4v) is 5.18. The van der Waals surface area contributed by atoms with Gasteiger partial charge >= 0.3 is 0 Å². The number of benzene rings is 2. The minimum atomic E-state index is -0.984. The molecule has 47 heavy (non-hydrogen) atoms. The van der Waals surface area contributed by atoms with Gasteiger partial charge in [-0.2, -0.15) is 0 Å². The van der Waals surface area contributed by atoms with E-state index in [-0.39, 0.29) is 49.3 Å². The average Bonchev–Trinajstić information content (AvgIpc) is 3.04. The van der Waals surface area contributed by atoms with Gasteiger partial charge in [0, 0.05) is 6.42 Å². The van der Waals surface area contributed by atoms with Crippen molar-refractivity contribution in [3.05, 3.63) is 60.2 Å². The number of Topliss-reactive ketones (excluding diaryl/α,β-unsaturated/α-hetero) is 1. The van der Waals surface area contributed by atoms with E-state index in [0.717, 1.165) is 16.7 Å². The van der Waals surface area contributed by atoms with Crippen LogP contribution in [0.2, 0.25) is 0 Å². The second-order valence-corrected chi connectivity index (χ2v) is 12.8. The number of hydrogen-bond donors (Lipinski definition) is 6. The van der Waals surface area contributed by atoms with E-state index in [9.17, 15) is 24.0 Å². The lowest BCUT2D eigenvalue weighted by Gasteiger charge is -2.28. The Bertz CT molecular complexity index is 1300. The molecule has 0 bridgehead atoms. The molecule has 0 heterocycles. The summed E-state index contributed by atoms with van der Waals surface area (Å²) in [4.78, 5) is 65.1. The summed E-state index contributed by atoms with van der Waals surface area (Å²) in [7, 11) is 0. The number of carbonyl (C=O) groups excluding carboxylic acids is 5. The maximum Gasteiger partial charge on any atom is 0.243 e. The smallest absolute Gasteiger partial charge is 0.243 e. The summed E-state index contributed by atoms with van der Waals surface area (Å²) in [6.45, 7) is 9.35. The first-order valence-electron chi connectivity index (χ1n) is 16.6. The molecule has 2 aromatic carbocycles. The van der Waals surface area contributed by atoms with Crippen LogP contribution in [-0.2, 0) is 30.4 Å². The Labute approximate surface area is 279 Å². The molecule has 2 aromatic rings. The number of amides is 4. The third kappa shape index (κ3) is 13.7. The topological polar surface area (TPSA) is 186 Å². The highest BCUT2D eigenvalue weighted by Gasteiger charge is 2.31. The fraction of sp³-hybridized carbons (Fsp3) is 0.528. The van der Waals surface area contributed by atoms with Crippen molar-refractivity contribution in [3.63, 3.8) is 0 Å². The van der Waals surface area contributed by atoms with E-state index >= 15 is 0 Å². The van der Waals surface area contributed by atoms with Crippen molar-refractivity contribution in [1.29, 1.82) is 0 Å². The monoisotopic (exact) mass is 650 g/mol. The summed E-state index contributed by atoms with van der Waals surface area (Å²) in [5.74, 6) is -2.25. The van der Waals surface area contributed by atoms with Gasteiger partial charge in [-0.3, -0.25) is 24.0 Å². The maximum absolute atomic E-state index is 13.5. The van der Waals surface area contributed by atoms with Gasteiger partial charge in [-0.05, 0) is 80.6 Å². The van der Waals surface area contributed by atoms with Crippen LogP contribution in [0.15, 0.2) is 54.6 Å². The molecule has 0 unspecified atom stereocenters. The first kappa shape index (κ1) is 39.1. The second-order valence-electron chi connectivity index (χ2n) is 12.8. The number of nitrogens with two attached hydrogens (primary N) is 2. The Morgan fingerprint density at radius 3 is 1.79 bits per heavy atom. The van der Waals surface area contributed by atoms with E-state index in [1.165, 1.54) is 6.92 Å². The standard InChI is InChI=1S/C36H54N6O5/c1-23(2)22-31(35(46)39-29(19-21-38)25(5)43)41-34(45)30(12-9-20-37)40-36(47)33(24(3)4)42-32(44)18-15-26-13-16-28(17-14-26)27-10-7-6-8-11-27/h6-8,10-11,13-14,16-17,23-24,29-31,33H,9,12,15,18-22,37-38H2,1-5H3,(H,39,46)(H,40,47)(H,41,45)(H,42,44)/t29-,30-,31+,33-/m0/s1. The summed E-state index contributed by atoms with van der Waals surface area (Å²) in [5.41, 5.74) is 14.5. The van der Waals surface area contributed by atoms with Crippen molar-refractivity contribution < 1.29 is 24.0 Å². The highest BCUT2D eigenvalue weighted by molar-refractivity contribution is 5.95. The molecule has 258 valence electrons. The number of rotatable bonds is 20. The van der Waals surface area contributed by atoms with Crippen molar-refractivity contribution in [3.8, 4) is 11.1 Å². The van der Waals surface area contributed by atoms with Gasteiger partial charge in [-0.1, -0.05) is 82.3 Å². The van der Waals surface area contributed by atoms with Crippen LogP contribution in [0.25, 0.3) is 11.1 Å². The fourth-order valence-electron chi connectivity index (χ4n) is 5.18. The molecular formula is C36H54N6O5. The lowest BCUT2D eigenvalue weighted by atomic mass is 9.99. The number of hydrogen-bond acceptors (Lipinski definition) is 7. The van der Waals surface area contributed by atoms with E-state index < -0.39 is 41.9 Å². The summed E-state index contributed by atoms with van der Waals surface area (Å²) in [6, 6.07) is 14.5. The first-order valence-corrected chi connectivity index (χ1v) is 16.6. The number of ketones is 1. The molecule has 0 aliphatic carbocycles.